The summed E-state index contributed by atoms with van der Waals surface area (Å²) < 4.78 is 10.4. The summed E-state index contributed by atoms with van der Waals surface area (Å²) in [5.74, 6) is 3.30. The van der Waals surface area contributed by atoms with Gasteiger partial charge in [-0.3, -0.25) is 0 Å². The molecule has 3 rings (SSSR count). The van der Waals surface area contributed by atoms with Crippen molar-refractivity contribution in [3.8, 4) is 11.5 Å². The van der Waals surface area contributed by atoms with Gasteiger partial charge in [0.05, 0.1) is 14.2 Å². The van der Waals surface area contributed by atoms with Crippen LogP contribution in [0.2, 0.25) is 0 Å². The molecule has 1 heterocycles. The van der Waals surface area contributed by atoms with Crippen LogP contribution < -0.4 is 20.1 Å². The number of hydrogen-bond donors (Lipinski definition) is 2. The van der Waals surface area contributed by atoms with Crippen LogP contribution in [0.3, 0.4) is 0 Å². The van der Waals surface area contributed by atoms with Crippen LogP contribution in [0.5, 0.6) is 11.5 Å². The molecule has 0 saturated heterocycles. The number of ether oxygens (including phenoxy) is 2. The van der Waals surface area contributed by atoms with Crippen LogP contribution in [0.1, 0.15) is 11.1 Å². The van der Waals surface area contributed by atoms with E-state index in [1.165, 1.54) is 5.56 Å². The Balaban J connectivity index is 1.50. The molecule has 6 heteroatoms. The van der Waals surface area contributed by atoms with Crippen LogP contribution in [-0.4, -0.2) is 30.7 Å². The lowest BCUT2D eigenvalue weighted by molar-refractivity contribution is 0.414. The highest BCUT2D eigenvalue weighted by Gasteiger charge is 2.01. The molecule has 0 aliphatic heterocycles. The predicted molar refractivity (Wildman–Crippen MR) is 108 cm³/mol. The van der Waals surface area contributed by atoms with E-state index in [1.54, 1.807) is 20.5 Å². The monoisotopic (exact) mass is 364 g/mol. The summed E-state index contributed by atoms with van der Waals surface area (Å²) in [7, 11) is 3.34. The Hall–Kier alpha value is -3.28. The van der Waals surface area contributed by atoms with Gasteiger partial charge in [0.15, 0.2) is 0 Å². The lowest BCUT2D eigenvalue weighted by Gasteiger charge is -2.09. The van der Waals surface area contributed by atoms with Crippen LogP contribution in [0, 0.1) is 0 Å². The number of rotatable bonds is 9. The molecule has 2 aromatic carbocycles. The van der Waals surface area contributed by atoms with Crippen LogP contribution in [-0.2, 0) is 13.0 Å². The van der Waals surface area contributed by atoms with Crippen LogP contribution >= 0.6 is 0 Å². The highest BCUT2D eigenvalue weighted by atomic mass is 16.5. The van der Waals surface area contributed by atoms with Gasteiger partial charge in [-0.25, -0.2) is 9.97 Å². The fraction of sp³-hybridized carbons (Fsp3) is 0.238. The third-order valence-corrected chi connectivity index (χ3v) is 4.15. The van der Waals surface area contributed by atoms with Gasteiger partial charge in [0.2, 0.25) is 0 Å². The largest absolute Gasteiger partial charge is 0.497 e. The molecule has 0 aliphatic carbocycles. The number of benzene rings is 2. The van der Waals surface area contributed by atoms with E-state index in [1.807, 2.05) is 48.5 Å². The third-order valence-electron chi connectivity index (χ3n) is 4.15. The molecule has 0 amide bonds. The average molecular weight is 364 g/mol. The lowest BCUT2D eigenvalue weighted by Crippen LogP contribution is -2.08. The number of anilines is 2. The van der Waals surface area contributed by atoms with E-state index in [2.05, 4.69) is 26.7 Å². The second-order valence-corrected chi connectivity index (χ2v) is 6.02. The Morgan fingerprint density at radius 2 is 1.52 bits per heavy atom. The summed E-state index contributed by atoms with van der Waals surface area (Å²) in [4.78, 5) is 8.55. The van der Waals surface area contributed by atoms with Gasteiger partial charge >= 0.3 is 0 Å². The first-order valence-corrected chi connectivity index (χ1v) is 8.82. The Bertz CT molecular complexity index is 853. The quantitative estimate of drug-likeness (QED) is 0.603. The molecule has 2 N–H and O–H groups in total. The first-order valence-electron chi connectivity index (χ1n) is 8.82. The summed E-state index contributed by atoms with van der Waals surface area (Å²) in [6.45, 7) is 1.46. The van der Waals surface area contributed by atoms with Gasteiger partial charge in [-0.1, -0.05) is 24.3 Å². The number of methoxy groups -OCH3 is 2. The van der Waals surface area contributed by atoms with E-state index >= 15 is 0 Å². The smallest absolute Gasteiger partial charge is 0.131 e. The minimum atomic E-state index is 0.685. The number of aromatic nitrogens is 2. The zero-order chi connectivity index (χ0) is 18.9. The molecule has 0 aliphatic rings. The maximum absolute atomic E-state index is 5.26. The molecule has 6 nitrogen and oxygen atoms in total. The average Bonchev–Trinajstić information content (AvgIpc) is 2.73. The second kappa shape index (κ2) is 9.43. The molecule has 0 unspecified atom stereocenters. The Morgan fingerprint density at radius 1 is 0.778 bits per heavy atom. The number of nitrogens with zero attached hydrogens (tertiary/aromatic N) is 2. The molecule has 27 heavy (non-hydrogen) atoms. The molecular formula is C21H24N4O2. The van der Waals surface area contributed by atoms with Crippen LogP contribution in [0.15, 0.2) is 60.9 Å². The molecule has 0 atom stereocenters. The normalized spacial score (nSPS) is 10.3. The maximum Gasteiger partial charge on any atom is 0.131 e. The van der Waals surface area contributed by atoms with Gasteiger partial charge in [0.1, 0.15) is 29.5 Å². The Labute approximate surface area is 159 Å². The Morgan fingerprint density at radius 3 is 2.26 bits per heavy atom. The van der Waals surface area contributed by atoms with E-state index in [4.69, 9.17) is 9.47 Å². The zero-order valence-corrected chi connectivity index (χ0v) is 15.6. The number of nitrogens with one attached hydrogen (secondary N) is 2. The van der Waals surface area contributed by atoms with Crippen LogP contribution in [0.4, 0.5) is 11.6 Å². The van der Waals surface area contributed by atoms with E-state index in [0.29, 0.717) is 6.54 Å². The van der Waals surface area contributed by atoms with Crippen molar-refractivity contribution in [1.29, 1.82) is 0 Å². The summed E-state index contributed by atoms with van der Waals surface area (Å²) >= 11 is 0. The molecule has 0 fully saturated rings. The van der Waals surface area contributed by atoms with Crippen LogP contribution in [0.25, 0.3) is 0 Å². The van der Waals surface area contributed by atoms with E-state index < -0.39 is 0 Å². The van der Waals surface area contributed by atoms with Crippen molar-refractivity contribution in [2.24, 2.45) is 0 Å². The topological polar surface area (TPSA) is 68.3 Å². The first kappa shape index (κ1) is 18.5. The fourth-order valence-corrected chi connectivity index (χ4v) is 2.65. The predicted octanol–water partition coefficient (Wildman–Crippen LogP) is 3.76. The molecule has 0 radical (unpaired) electrons. The standard InChI is InChI=1S/C21H24N4O2/c1-26-18-8-6-17(7-9-18)14-23-21-13-20(24-15-25-21)22-11-10-16-4-3-5-19(12-16)27-2/h3-9,12-13,15H,10-11,14H2,1-2H3,(H2,22,23,24,25). The molecule has 0 bridgehead atoms. The van der Waals surface area contributed by atoms with Crippen molar-refractivity contribution >= 4 is 11.6 Å². The second-order valence-electron chi connectivity index (χ2n) is 6.02. The van der Waals surface area contributed by atoms with Gasteiger partial charge in [0.25, 0.3) is 0 Å². The van der Waals surface area contributed by atoms with Crippen molar-refractivity contribution in [2.45, 2.75) is 13.0 Å². The van der Waals surface area contributed by atoms with Crippen molar-refractivity contribution in [2.75, 3.05) is 31.4 Å². The van der Waals surface area contributed by atoms with Gasteiger partial charge in [-0.05, 0) is 41.8 Å². The van der Waals surface area contributed by atoms with Gasteiger partial charge in [-0.2, -0.15) is 0 Å². The van der Waals surface area contributed by atoms with Crippen molar-refractivity contribution < 1.29 is 9.47 Å². The summed E-state index contributed by atoms with van der Waals surface area (Å²) in [6.07, 6.45) is 2.44. The van der Waals surface area contributed by atoms with Gasteiger partial charge < -0.3 is 20.1 Å². The SMILES string of the molecule is COc1ccc(CNc2cc(NCCc3cccc(OC)c3)ncn2)cc1. The highest BCUT2D eigenvalue weighted by Crippen LogP contribution is 2.15. The number of hydrogen-bond acceptors (Lipinski definition) is 6. The van der Waals surface area contributed by atoms with E-state index in [0.717, 1.165) is 41.7 Å². The summed E-state index contributed by atoms with van der Waals surface area (Å²) in [6, 6.07) is 17.9. The van der Waals surface area contributed by atoms with Gasteiger partial charge in [-0.15, -0.1) is 0 Å². The zero-order valence-electron chi connectivity index (χ0n) is 15.6. The Kier molecular flexibility index (Phi) is 6.46. The molecule has 0 saturated carbocycles. The summed E-state index contributed by atoms with van der Waals surface area (Å²) in [5.41, 5.74) is 2.37. The molecular weight excluding hydrogens is 340 g/mol. The fourth-order valence-electron chi connectivity index (χ4n) is 2.65. The van der Waals surface area contributed by atoms with E-state index in [-0.39, 0.29) is 0 Å². The third kappa shape index (κ3) is 5.60. The molecule has 140 valence electrons. The van der Waals surface area contributed by atoms with Crippen molar-refractivity contribution in [3.05, 3.63) is 72.1 Å². The lowest BCUT2D eigenvalue weighted by atomic mass is 10.1. The summed E-state index contributed by atoms with van der Waals surface area (Å²) in [5, 5.41) is 6.65. The first-order chi connectivity index (χ1) is 13.3. The van der Waals surface area contributed by atoms with Crippen molar-refractivity contribution in [1.82, 2.24) is 9.97 Å². The minimum absolute atomic E-state index is 0.685. The molecule has 1 aromatic heterocycles. The van der Waals surface area contributed by atoms with E-state index in [9.17, 15) is 0 Å². The highest BCUT2D eigenvalue weighted by molar-refractivity contribution is 5.47. The molecule has 0 spiro atoms. The van der Waals surface area contributed by atoms with Gasteiger partial charge in [0, 0.05) is 19.2 Å². The maximum atomic E-state index is 5.26. The minimum Gasteiger partial charge on any atom is -0.497 e. The van der Waals surface area contributed by atoms with Crippen molar-refractivity contribution in [3.63, 3.8) is 0 Å². The molecule has 3 aromatic rings.